The second-order valence-electron chi connectivity index (χ2n) is 5.94. The van der Waals surface area contributed by atoms with E-state index in [0.717, 1.165) is 10.7 Å². The van der Waals surface area contributed by atoms with E-state index in [0.29, 0.717) is 28.2 Å². The molecular formula is C20H19N3O4S. The first-order valence-electron chi connectivity index (χ1n) is 8.49. The minimum absolute atomic E-state index is 0.0201. The van der Waals surface area contributed by atoms with E-state index in [9.17, 15) is 9.59 Å². The van der Waals surface area contributed by atoms with E-state index in [2.05, 4.69) is 15.2 Å². The van der Waals surface area contributed by atoms with Crippen molar-refractivity contribution in [3.8, 4) is 5.75 Å². The Morgan fingerprint density at radius 1 is 1.11 bits per heavy atom. The second-order valence-corrected chi connectivity index (χ2v) is 6.90. The van der Waals surface area contributed by atoms with E-state index >= 15 is 0 Å². The summed E-state index contributed by atoms with van der Waals surface area (Å²) < 4.78 is 10.7. The molecule has 0 saturated carbocycles. The van der Waals surface area contributed by atoms with Crippen molar-refractivity contribution in [1.82, 2.24) is 15.2 Å². The number of ether oxygens (including phenoxy) is 2. The maximum Gasteiger partial charge on any atom is 0.338 e. The van der Waals surface area contributed by atoms with Crippen molar-refractivity contribution in [2.24, 2.45) is 0 Å². The number of H-pyrrole nitrogens is 1. The van der Waals surface area contributed by atoms with Crippen LogP contribution in [0.1, 0.15) is 38.8 Å². The third kappa shape index (κ3) is 4.98. The number of thioether (sulfide) groups is 1. The maximum atomic E-state index is 12.3. The molecule has 0 atom stereocenters. The fourth-order valence-electron chi connectivity index (χ4n) is 2.49. The summed E-state index contributed by atoms with van der Waals surface area (Å²) >= 11 is 1.52. The summed E-state index contributed by atoms with van der Waals surface area (Å²) in [5.74, 6) is 0.774. The summed E-state index contributed by atoms with van der Waals surface area (Å²) in [6.45, 7) is 1.51. The zero-order valence-corrected chi connectivity index (χ0v) is 16.3. The summed E-state index contributed by atoms with van der Waals surface area (Å²) in [5, 5.41) is 7.33. The first-order chi connectivity index (χ1) is 13.6. The topological polar surface area (TPSA) is 94.2 Å². The zero-order chi connectivity index (χ0) is 19.9. The summed E-state index contributed by atoms with van der Waals surface area (Å²) in [6, 6.07) is 12.2. The highest BCUT2D eigenvalue weighted by Crippen LogP contribution is 2.22. The Bertz CT molecular complexity index is 956. The first-order valence-corrected chi connectivity index (χ1v) is 9.47. The normalized spacial score (nSPS) is 10.5. The highest BCUT2D eigenvalue weighted by Gasteiger charge is 2.12. The molecule has 144 valence electrons. The Balaban J connectivity index is 1.60. The standard InChI is InChI=1S/C20H19N3O4S/c1-13(24)16-7-8-18(26-2)17(9-16)10-27-19(25)15-5-3-14(4-6-15)11-28-20-21-12-22-23-20/h3-9,12H,10-11H2,1-2H3,(H,21,22,23). The number of carbonyl (C=O) groups excluding carboxylic acids is 2. The predicted molar refractivity (Wildman–Crippen MR) is 105 cm³/mol. The van der Waals surface area contributed by atoms with Gasteiger partial charge in [0.25, 0.3) is 0 Å². The fourth-order valence-corrected chi connectivity index (χ4v) is 3.22. The fraction of sp³-hybridized carbons (Fsp3) is 0.200. The van der Waals surface area contributed by atoms with Crippen LogP contribution in [0.25, 0.3) is 0 Å². The number of aromatic amines is 1. The molecule has 1 aromatic heterocycles. The zero-order valence-electron chi connectivity index (χ0n) is 15.5. The molecule has 0 aliphatic rings. The average molecular weight is 397 g/mol. The smallest absolute Gasteiger partial charge is 0.338 e. The van der Waals surface area contributed by atoms with E-state index in [1.165, 1.54) is 32.1 Å². The monoisotopic (exact) mass is 397 g/mol. The number of rotatable bonds is 8. The van der Waals surface area contributed by atoms with E-state index in [-0.39, 0.29) is 12.4 Å². The van der Waals surface area contributed by atoms with E-state index < -0.39 is 5.97 Å². The van der Waals surface area contributed by atoms with Gasteiger partial charge in [0.2, 0.25) is 0 Å². The largest absolute Gasteiger partial charge is 0.496 e. The van der Waals surface area contributed by atoms with Crippen molar-refractivity contribution in [3.05, 3.63) is 71.0 Å². The van der Waals surface area contributed by atoms with Gasteiger partial charge in [-0.15, -0.1) is 0 Å². The SMILES string of the molecule is COc1ccc(C(C)=O)cc1COC(=O)c1ccc(CSc2ncn[nH]2)cc1. The van der Waals surface area contributed by atoms with Gasteiger partial charge >= 0.3 is 5.97 Å². The van der Waals surface area contributed by atoms with Crippen LogP contribution in [-0.4, -0.2) is 34.0 Å². The quantitative estimate of drug-likeness (QED) is 0.352. The van der Waals surface area contributed by atoms with Crippen LogP contribution < -0.4 is 4.74 Å². The lowest BCUT2D eigenvalue weighted by Gasteiger charge is -2.11. The predicted octanol–water partition coefficient (Wildman–Crippen LogP) is 3.67. The number of hydrogen-bond donors (Lipinski definition) is 1. The number of nitrogens with zero attached hydrogens (tertiary/aromatic N) is 2. The van der Waals surface area contributed by atoms with Gasteiger partial charge in [-0.3, -0.25) is 9.89 Å². The van der Waals surface area contributed by atoms with Gasteiger partial charge in [-0.1, -0.05) is 23.9 Å². The summed E-state index contributed by atoms with van der Waals surface area (Å²) in [6.07, 6.45) is 1.46. The molecule has 0 radical (unpaired) electrons. The van der Waals surface area contributed by atoms with Gasteiger partial charge < -0.3 is 9.47 Å². The van der Waals surface area contributed by atoms with Crippen LogP contribution >= 0.6 is 11.8 Å². The van der Waals surface area contributed by atoms with Crippen LogP contribution in [0.4, 0.5) is 0 Å². The number of benzene rings is 2. The number of ketones is 1. The lowest BCUT2D eigenvalue weighted by atomic mass is 10.1. The number of methoxy groups -OCH3 is 1. The van der Waals surface area contributed by atoms with E-state index in [1.54, 1.807) is 30.3 Å². The molecule has 1 N–H and O–H groups in total. The molecule has 28 heavy (non-hydrogen) atoms. The van der Waals surface area contributed by atoms with Crippen molar-refractivity contribution in [1.29, 1.82) is 0 Å². The average Bonchev–Trinajstić information content (AvgIpc) is 3.24. The number of aromatic nitrogens is 3. The molecule has 3 aromatic rings. The Hall–Kier alpha value is -3.13. The highest BCUT2D eigenvalue weighted by atomic mass is 32.2. The summed E-state index contributed by atoms with van der Waals surface area (Å²) in [4.78, 5) is 27.9. The highest BCUT2D eigenvalue weighted by molar-refractivity contribution is 7.98. The third-order valence-corrected chi connectivity index (χ3v) is 4.95. The second kappa shape index (κ2) is 9.18. The number of esters is 1. The maximum absolute atomic E-state index is 12.3. The van der Waals surface area contributed by atoms with Gasteiger partial charge in [0.05, 0.1) is 12.7 Å². The van der Waals surface area contributed by atoms with Gasteiger partial charge in [0, 0.05) is 16.9 Å². The molecule has 0 aliphatic heterocycles. The third-order valence-electron chi connectivity index (χ3n) is 4.00. The Morgan fingerprint density at radius 3 is 2.50 bits per heavy atom. The van der Waals surface area contributed by atoms with Gasteiger partial charge in [0.1, 0.15) is 18.7 Å². The number of carbonyl (C=O) groups is 2. The molecule has 0 aliphatic carbocycles. The van der Waals surface area contributed by atoms with E-state index in [1.807, 2.05) is 12.1 Å². The molecule has 0 fully saturated rings. The van der Waals surface area contributed by atoms with Gasteiger partial charge in [0.15, 0.2) is 10.9 Å². The molecule has 8 heteroatoms. The molecule has 3 rings (SSSR count). The first kappa shape index (κ1) is 19.6. The molecule has 1 heterocycles. The van der Waals surface area contributed by atoms with Crippen LogP contribution in [0.5, 0.6) is 5.75 Å². The molecular weight excluding hydrogens is 378 g/mol. The van der Waals surface area contributed by atoms with Crippen molar-refractivity contribution < 1.29 is 19.1 Å². The van der Waals surface area contributed by atoms with Crippen LogP contribution in [0.15, 0.2) is 53.9 Å². The van der Waals surface area contributed by atoms with Crippen molar-refractivity contribution in [3.63, 3.8) is 0 Å². The lowest BCUT2D eigenvalue weighted by Crippen LogP contribution is -2.07. The van der Waals surface area contributed by atoms with Crippen LogP contribution in [0.2, 0.25) is 0 Å². The molecule has 7 nitrogen and oxygen atoms in total. The summed E-state index contributed by atoms with van der Waals surface area (Å²) in [7, 11) is 1.53. The molecule has 0 bridgehead atoms. The van der Waals surface area contributed by atoms with Crippen molar-refractivity contribution in [2.45, 2.75) is 24.4 Å². The van der Waals surface area contributed by atoms with Crippen LogP contribution in [0, 0.1) is 0 Å². The minimum Gasteiger partial charge on any atom is -0.496 e. The number of Topliss-reactive ketones (excluding diaryl/α,β-unsaturated/α-hetero) is 1. The minimum atomic E-state index is -0.440. The Morgan fingerprint density at radius 2 is 1.86 bits per heavy atom. The van der Waals surface area contributed by atoms with Gasteiger partial charge in [-0.05, 0) is 42.8 Å². The van der Waals surface area contributed by atoms with E-state index in [4.69, 9.17) is 9.47 Å². The Kier molecular flexibility index (Phi) is 6.44. The van der Waals surface area contributed by atoms with Gasteiger partial charge in [-0.25, -0.2) is 9.78 Å². The van der Waals surface area contributed by atoms with Crippen molar-refractivity contribution in [2.75, 3.05) is 7.11 Å². The molecule has 0 amide bonds. The Labute approximate surface area is 166 Å². The van der Waals surface area contributed by atoms with Crippen LogP contribution in [-0.2, 0) is 17.1 Å². The molecule has 0 unspecified atom stereocenters. The lowest BCUT2D eigenvalue weighted by molar-refractivity contribution is 0.0470. The molecule has 0 spiro atoms. The number of hydrogen-bond acceptors (Lipinski definition) is 7. The summed E-state index contributed by atoms with van der Waals surface area (Å²) in [5.41, 5.74) is 2.69. The van der Waals surface area contributed by atoms with Crippen molar-refractivity contribution >= 4 is 23.5 Å². The molecule has 0 saturated heterocycles. The number of nitrogens with one attached hydrogen (secondary N) is 1. The van der Waals surface area contributed by atoms with Crippen LogP contribution in [0.3, 0.4) is 0 Å². The molecule has 2 aromatic carbocycles. The van der Waals surface area contributed by atoms with Gasteiger partial charge in [-0.2, -0.15) is 5.10 Å².